The lowest BCUT2D eigenvalue weighted by atomic mass is 10.1. The molecule has 0 aliphatic rings. The molecule has 2 heterocycles. The summed E-state index contributed by atoms with van der Waals surface area (Å²) >= 11 is 12.3. The van der Waals surface area contributed by atoms with Crippen molar-refractivity contribution in [2.24, 2.45) is 0 Å². The molecule has 0 aliphatic heterocycles. The smallest absolute Gasteiger partial charge is 0.129 e. The third-order valence-electron chi connectivity index (χ3n) is 2.93. The summed E-state index contributed by atoms with van der Waals surface area (Å²) in [7, 11) is 0. The molecule has 0 radical (unpaired) electrons. The summed E-state index contributed by atoms with van der Waals surface area (Å²) in [6.07, 6.45) is 2.57. The third-order valence-corrected chi connectivity index (χ3v) is 3.53. The monoisotopic (exact) mass is 283 g/mol. The van der Waals surface area contributed by atoms with Crippen molar-refractivity contribution in [3.8, 4) is 11.3 Å². The van der Waals surface area contributed by atoms with Gasteiger partial charge in [-0.3, -0.25) is 4.68 Å². The minimum Gasteiger partial charge on any atom is -0.263 e. The highest BCUT2D eigenvalue weighted by molar-refractivity contribution is 6.34. The van der Waals surface area contributed by atoms with Crippen molar-refractivity contribution in [1.29, 1.82) is 0 Å². The molecule has 0 saturated carbocycles. The Balaban J connectivity index is 2.66. The molecule has 3 nitrogen and oxygen atoms in total. The number of aryl methyl sites for hydroxylation is 3. The Morgan fingerprint density at radius 1 is 1.28 bits per heavy atom. The van der Waals surface area contributed by atoms with Gasteiger partial charge in [0.1, 0.15) is 5.15 Å². The van der Waals surface area contributed by atoms with Crippen LogP contribution in [0.4, 0.5) is 0 Å². The van der Waals surface area contributed by atoms with Gasteiger partial charge >= 0.3 is 0 Å². The van der Waals surface area contributed by atoms with E-state index in [1.807, 2.05) is 31.5 Å². The highest BCUT2D eigenvalue weighted by atomic mass is 35.5. The quantitative estimate of drug-likeness (QED) is 0.793. The van der Waals surface area contributed by atoms with Crippen LogP contribution in [0.2, 0.25) is 10.2 Å². The van der Waals surface area contributed by atoms with Crippen molar-refractivity contribution < 1.29 is 0 Å². The topological polar surface area (TPSA) is 30.7 Å². The molecule has 0 unspecified atom stereocenters. The minimum absolute atomic E-state index is 0.491. The predicted molar refractivity (Wildman–Crippen MR) is 75.3 cm³/mol. The summed E-state index contributed by atoms with van der Waals surface area (Å²) in [4.78, 5) is 4.13. The second-order valence-electron chi connectivity index (χ2n) is 4.10. The number of hydrogen-bond acceptors (Lipinski definition) is 2. The van der Waals surface area contributed by atoms with Crippen molar-refractivity contribution in [3.05, 3.63) is 33.7 Å². The summed E-state index contributed by atoms with van der Waals surface area (Å²) in [6.45, 7) is 6.87. The lowest BCUT2D eigenvalue weighted by Gasteiger charge is -2.08. The molecule has 0 aliphatic carbocycles. The predicted octanol–water partition coefficient (Wildman–Crippen LogP) is 4.14. The second kappa shape index (κ2) is 5.29. The van der Waals surface area contributed by atoms with E-state index in [9.17, 15) is 0 Å². The van der Waals surface area contributed by atoms with Crippen molar-refractivity contribution in [2.45, 2.75) is 33.7 Å². The Bertz CT molecular complexity index is 576. The molecular weight excluding hydrogens is 269 g/mol. The highest BCUT2D eigenvalue weighted by Crippen LogP contribution is 2.33. The van der Waals surface area contributed by atoms with Gasteiger partial charge in [0, 0.05) is 18.3 Å². The van der Waals surface area contributed by atoms with Gasteiger partial charge in [0.25, 0.3) is 0 Å². The molecule has 0 N–H and O–H groups in total. The van der Waals surface area contributed by atoms with E-state index >= 15 is 0 Å². The molecule has 96 valence electrons. The molecule has 0 bridgehead atoms. The van der Waals surface area contributed by atoms with Crippen molar-refractivity contribution in [1.82, 2.24) is 14.8 Å². The van der Waals surface area contributed by atoms with Gasteiger partial charge in [-0.15, -0.1) is 0 Å². The molecule has 18 heavy (non-hydrogen) atoms. The molecule has 0 spiro atoms. The van der Waals surface area contributed by atoms with Crippen LogP contribution in [0.25, 0.3) is 11.3 Å². The average Bonchev–Trinajstić information content (AvgIpc) is 2.66. The number of nitrogens with zero attached hydrogens (tertiary/aromatic N) is 3. The van der Waals surface area contributed by atoms with E-state index in [0.29, 0.717) is 10.2 Å². The van der Waals surface area contributed by atoms with Gasteiger partial charge in [0.15, 0.2) is 0 Å². The summed E-state index contributed by atoms with van der Waals surface area (Å²) < 4.78 is 1.92. The van der Waals surface area contributed by atoms with Gasteiger partial charge in [0.05, 0.1) is 16.4 Å². The molecule has 2 rings (SSSR count). The molecule has 2 aromatic rings. The maximum atomic E-state index is 6.41. The van der Waals surface area contributed by atoms with E-state index < -0.39 is 0 Å². The Kier molecular flexibility index (Phi) is 3.93. The zero-order valence-electron chi connectivity index (χ0n) is 10.7. The van der Waals surface area contributed by atoms with Crippen molar-refractivity contribution >= 4 is 23.2 Å². The number of hydrogen-bond donors (Lipinski definition) is 0. The molecule has 0 atom stereocenters. The number of halogens is 2. The zero-order chi connectivity index (χ0) is 13.3. The van der Waals surface area contributed by atoms with Crippen molar-refractivity contribution in [2.75, 3.05) is 0 Å². The minimum atomic E-state index is 0.491. The van der Waals surface area contributed by atoms with E-state index in [-0.39, 0.29) is 0 Å². The molecule has 2 aromatic heterocycles. The van der Waals surface area contributed by atoms with Crippen LogP contribution in [0, 0.1) is 6.92 Å². The van der Waals surface area contributed by atoms with Gasteiger partial charge in [-0.05, 0) is 31.9 Å². The summed E-state index contributed by atoms with van der Waals surface area (Å²) in [5.74, 6) is 0. The number of rotatable bonds is 3. The summed E-state index contributed by atoms with van der Waals surface area (Å²) in [6, 6.07) is 1.84. The summed E-state index contributed by atoms with van der Waals surface area (Å²) in [5, 5.41) is 5.72. The van der Waals surface area contributed by atoms with Crippen LogP contribution >= 0.6 is 23.2 Å². The zero-order valence-corrected chi connectivity index (χ0v) is 12.2. The molecule has 0 saturated heterocycles. The normalized spacial score (nSPS) is 10.9. The first kappa shape index (κ1) is 13.4. The van der Waals surface area contributed by atoms with E-state index in [4.69, 9.17) is 23.2 Å². The Morgan fingerprint density at radius 2 is 2.00 bits per heavy atom. The van der Waals surface area contributed by atoms with Gasteiger partial charge in [-0.1, -0.05) is 30.1 Å². The van der Waals surface area contributed by atoms with E-state index in [1.54, 1.807) is 6.20 Å². The molecule has 0 amide bonds. The average molecular weight is 284 g/mol. The van der Waals surface area contributed by atoms with Crippen LogP contribution in [0.3, 0.4) is 0 Å². The van der Waals surface area contributed by atoms with Crippen LogP contribution in [0.1, 0.15) is 25.1 Å². The first-order chi connectivity index (χ1) is 8.58. The Labute approximate surface area is 117 Å². The third kappa shape index (κ3) is 2.25. The van der Waals surface area contributed by atoms with Crippen LogP contribution in [-0.2, 0) is 13.0 Å². The number of pyridine rings is 1. The number of aromatic nitrogens is 3. The van der Waals surface area contributed by atoms with E-state index in [2.05, 4.69) is 10.1 Å². The molecule has 0 fully saturated rings. The lowest BCUT2D eigenvalue weighted by molar-refractivity contribution is 0.654. The molecular formula is C13H15Cl2N3. The first-order valence-electron chi connectivity index (χ1n) is 5.96. The van der Waals surface area contributed by atoms with Crippen LogP contribution in [0.5, 0.6) is 0 Å². The fourth-order valence-electron chi connectivity index (χ4n) is 1.97. The van der Waals surface area contributed by atoms with E-state index in [1.165, 1.54) is 0 Å². The molecule has 5 heteroatoms. The standard InChI is InChI=1S/C13H15Cl2N3/c1-4-10-12(15)13(18(5-2)17-10)9-7-16-11(14)6-8(9)3/h6-7H,4-5H2,1-3H3. The van der Waals surface area contributed by atoms with Gasteiger partial charge in [-0.2, -0.15) is 5.10 Å². The van der Waals surface area contributed by atoms with Gasteiger partial charge in [-0.25, -0.2) is 4.98 Å². The molecule has 0 aromatic carbocycles. The maximum absolute atomic E-state index is 6.41. The lowest BCUT2D eigenvalue weighted by Crippen LogP contribution is -2.01. The maximum Gasteiger partial charge on any atom is 0.129 e. The summed E-state index contributed by atoms with van der Waals surface area (Å²) in [5.41, 5.74) is 3.88. The highest BCUT2D eigenvalue weighted by Gasteiger charge is 2.17. The second-order valence-corrected chi connectivity index (χ2v) is 4.87. The van der Waals surface area contributed by atoms with Crippen LogP contribution in [-0.4, -0.2) is 14.8 Å². The van der Waals surface area contributed by atoms with Crippen LogP contribution in [0.15, 0.2) is 12.3 Å². The fraction of sp³-hybridized carbons (Fsp3) is 0.385. The fourth-order valence-corrected chi connectivity index (χ4v) is 2.55. The largest absolute Gasteiger partial charge is 0.263 e. The van der Waals surface area contributed by atoms with Gasteiger partial charge < -0.3 is 0 Å². The SMILES string of the molecule is CCc1nn(CC)c(-c2cnc(Cl)cc2C)c1Cl. The Morgan fingerprint density at radius 3 is 2.56 bits per heavy atom. The van der Waals surface area contributed by atoms with Gasteiger partial charge in [0.2, 0.25) is 0 Å². The van der Waals surface area contributed by atoms with E-state index in [0.717, 1.165) is 35.5 Å². The van der Waals surface area contributed by atoms with Crippen LogP contribution < -0.4 is 0 Å². The first-order valence-corrected chi connectivity index (χ1v) is 6.71. The van der Waals surface area contributed by atoms with Crippen molar-refractivity contribution in [3.63, 3.8) is 0 Å². The Hall–Kier alpha value is -1.06.